The summed E-state index contributed by atoms with van der Waals surface area (Å²) in [6.45, 7) is 4.50. The average molecular weight is 447 g/mol. The van der Waals surface area contributed by atoms with Gasteiger partial charge in [0.05, 0.1) is 0 Å². The number of carbonyl (C=O) groups is 1. The molecule has 0 heterocycles. The predicted octanol–water partition coefficient (Wildman–Crippen LogP) is 9.24. The molecule has 0 unspecified atom stereocenters. The van der Waals surface area contributed by atoms with Crippen LogP contribution in [0.2, 0.25) is 0 Å². The second kappa shape index (κ2) is 19.0. The molecule has 0 saturated carbocycles. The Morgan fingerprint density at radius 3 is 1.47 bits per heavy atom. The summed E-state index contributed by atoms with van der Waals surface area (Å²) in [6, 6.07) is 3.53. The number of hydrogen-bond donors (Lipinski definition) is 2. The molecule has 0 bridgehead atoms. The van der Waals surface area contributed by atoms with Crippen molar-refractivity contribution in [3.05, 3.63) is 28.8 Å². The molecule has 0 aliphatic rings. The number of carboxylic acid groups (broad SMARTS) is 1. The van der Waals surface area contributed by atoms with Crippen molar-refractivity contribution >= 4 is 5.97 Å². The van der Waals surface area contributed by atoms with Crippen LogP contribution in [-0.2, 0) is 12.8 Å². The lowest BCUT2D eigenvalue weighted by molar-refractivity contribution is 0.0693. The Labute approximate surface area is 198 Å². The SMILES string of the molecule is CCCCCCCCCCCc1ccc(C(=O)O)c(O)c1CCCCCCCCCCC. The molecule has 3 nitrogen and oxygen atoms in total. The van der Waals surface area contributed by atoms with E-state index >= 15 is 0 Å². The van der Waals surface area contributed by atoms with E-state index in [4.69, 9.17) is 0 Å². The van der Waals surface area contributed by atoms with Crippen molar-refractivity contribution in [3.63, 3.8) is 0 Å². The minimum atomic E-state index is -1.04. The minimum absolute atomic E-state index is 0.00508. The third-order valence-corrected chi connectivity index (χ3v) is 6.69. The van der Waals surface area contributed by atoms with E-state index in [0.29, 0.717) is 0 Å². The highest BCUT2D eigenvalue weighted by molar-refractivity contribution is 5.91. The van der Waals surface area contributed by atoms with Gasteiger partial charge in [0.25, 0.3) is 0 Å². The molecule has 0 spiro atoms. The van der Waals surface area contributed by atoms with Crippen LogP contribution in [0.25, 0.3) is 0 Å². The van der Waals surface area contributed by atoms with Crippen molar-refractivity contribution in [2.75, 3.05) is 0 Å². The lowest BCUT2D eigenvalue weighted by atomic mass is 9.93. The van der Waals surface area contributed by atoms with Crippen molar-refractivity contribution in [2.45, 2.75) is 142 Å². The van der Waals surface area contributed by atoms with Crippen LogP contribution in [0.3, 0.4) is 0 Å². The monoisotopic (exact) mass is 446 g/mol. The standard InChI is InChI=1S/C29H50O3/c1-3-5-7-9-11-13-15-17-19-21-25-23-24-27(29(31)32)28(30)26(25)22-20-18-16-14-12-10-8-6-4-2/h23-24,30H,3-22H2,1-2H3,(H,31,32). The van der Waals surface area contributed by atoms with Crippen LogP contribution in [0.4, 0.5) is 0 Å². The topological polar surface area (TPSA) is 57.5 Å². The van der Waals surface area contributed by atoms with E-state index in [1.165, 1.54) is 96.3 Å². The first-order valence-corrected chi connectivity index (χ1v) is 13.7. The molecule has 2 N–H and O–H groups in total. The van der Waals surface area contributed by atoms with Crippen molar-refractivity contribution in [1.29, 1.82) is 0 Å². The second-order valence-corrected chi connectivity index (χ2v) is 9.56. The second-order valence-electron chi connectivity index (χ2n) is 9.56. The van der Waals surface area contributed by atoms with Crippen molar-refractivity contribution < 1.29 is 15.0 Å². The van der Waals surface area contributed by atoms with Crippen LogP contribution in [0.1, 0.15) is 151 Å². The zero-order valence-electron chi connectivity index (χ0n) is 21.1. The van der Waals surface area contributed by atoms with Crippen LogP contribution >= 0.6 is 0 Å². The summed E-state index contributed by atoms with van der Waals surface area (Å²) >= 11 is 0. The Morgan fingerprint density at radius 1 is 0.625 bits per heavy atom. The molecule has 1 aromatic rings. The number of unbranched alkanes of at least 4 members (excludes halogenated alkanes) is 16. The zero-order valence-corrected chi connectivity index (χ0v) is 21.1. The quantitative estimate of drug-likeness (QED) is 0.185. The van der Waals surface area contributed by atoms with Gasteiger partial charge in [-0.3, -0.25) is 0 Å². The van der Waals surface area contributed by atoms with Gasteiger partial charge in [0.1, 0.15) is 11.3 Å². The number of aromatic hydroxyl groups is 1. The summed E-state index contributed by atoms with van der Waals surface area (Å²) in [5, 5.41) is 20.0. The maximum absolute atomic E-state index is 11.5. The first kappa shape index (κ1) is 28.5. The molecular weight excluding hydrogens is 396 g/mol. The summed E-state index contributed by atoms with van der Waals surface area (Å²) in [5.41, 5.74) is 2.08. The molecule has 1 aromatic carbocycles. The number of phenols is 1. The maximum Gasteiger partial charge on any atom is 0.339 e. The van der Waals surface area contributed by atoms with E-state index in [0.717, 1.165) is 43.2 Å². The average Bonchev–Trinajstić information content (AvgIpc) is 2.78. The summed E-state index contributed by atoms with van der Waals surface area (Å²) in [5.74, 6) is -1.03. The lowest BCUT2D eigenvalue weighted by Gasteiger charge is -2.14. The fourth-order valence-corrected chi connectivity index (χ4v) is 4.60. The zero-order chi connectivity index (χ0) is 23.4. The third kappa shape index (κ3) is 12.5. The van der Waals surface area contributed by atoms with Crippen LogP contribution in [0.15, 0.2) is 12.1 Å². The predicted molar refractivity (Wildman–Crippen MR) is 137 cm³/mol. The first-order valence-electron chi connectivity index (χ1n) is 13.7. The fourth-order valence-electron chi connectivity index (χ4n) is 4.60. The summed E-state index contributed by atoms with van der Waals surface area (Å²) in [7, 11) is 0. The minimum Gasteiger partial charge on any atom is -0.507 e. The van der Waals surface area contributed by atoms with Crippen molar-refractivity contribution in [3.8, 4) is 5.75 Å². The summed E-state index contributed by atoms with van der Waals surface area (Å²) in [4.78, 5) is 11.5. The molecule has 0 radical (unpaired) electrons. The van der Waals surface area contributed by atoms with E-state index in [1.807, 2.05) is 6.07 Å². The highest BCUT2D eigenvalue weighted by Crippen LogP contribution is 2.29. The van der Waals surface area contributed by atoms with Gasteiger partial charge in [-0.25, -0.2) is 4.79 Å². The number of aryl methyl sites for hydroxylation is 1. The number of hydrogen-bond acceptors (Lipinski definition) is 2. The molecule has 3 heteroatoms. The molecule has 0 atom stereocenters. The van der Waals surface area contributed by atoms with E-state index in [9.17, 15) is 15.0 Å². The smallest absolute Gasteiger partial charge is 0.339 e. The molecule has 0 aromatic heterocycles. The van der Waals surface area contributed by atoms with Crippen LogP contribution < -0.4 is 0 Å². The first-order chi connectivity index (χ1) is 15.6. The van der Waals surface area contributed by atoms with E-state index in [1.54, 1.807) is 6.07 Å². The van der Waals surface area contributed by atoms with Crippen molar-refractivity contribution in [1.82, 2.24) is 0 Å². The molecular formula is C29H50O3. The molecule has 0 saturated heterocycles. The number of benzene rings is 1. The van der Waals surface area contributed by atoms with Gasteiger partial charge in [0, 0.05) is 0 Å². The Bertz CT molecular complexity index is 609. The molecule has 0 aliphatic heterocycles. The summed E-state index contributed by atoms with van der Waals surface area (Å²) < 4.78 is 0. The molecule has 32 heavy (non-hydrogen) atoms. The van der Waals surface area contributed by atoms with E-state index < -0.39 is 5.97 Å². The Balaban J connectivity index is 2.41. The Kier molecular flexibility index (Phi) is 16.9. The van der Waals surface area contributed by atoms with Gasteiger partial charge >= 0.3 is 5.97 Å². The number of carboxylic acids is 1. The molecule has 0 fully saturated rings. The number of rotatable bonds is 21. The third-order valence-electron chi connectivity index (χ3n) is 6.69. The van der Waals surface area contributed by atoms with Crippen molar-refractivity contribution in [2.24, 2.45) is 0 Å². The Hall–Kier alpha value is -1.51. The van der Waals surface area contributed by atoms with Gasteiger partial charge in [-0.1, -0.05) is 123 Å². The van der Waals surface area contributed by atoms with E-state index in [2.05, 4.69) is 13.8 Å². The van der Waals surface area contributed by atoms with Crippen LogP contribution in [-0.4, -0.2) is 16.2 Å². The van der Waals surface area contributed by atoms with Gasteiger partial charge in [0.15, 0.2) is 0 Å². The van der Waals surface area contributed by atoms with Gasteiger partial charge in [0.2, 0.25) is 0 Å². The highest BCUT2D eigenvalue weighted by atomic mass is 16.4. The normalized spacial score (nSPS) is 11.2. The van der Waals surface area contributed by atoms with Gasteiger partial charge in [-0.15, -0.1) is 0 Å². The van der Waals surface area contributed by atoms with E-state index in [-0.39, 0.29) is 11.3 Å². The molecule has 184 valence electrons. The lowest BCUT2D eigenvalue weighted by Crippen LogP contribution is -2.03. The largest absolute Gasteiger partial charge is 0.507 e. The molecule has 0 aliphatic carbocycles. The number of aromatic carboxylic acids is 1. The van der Waals surface area contributed by atoms with Crippen LogP contribution in [0, 0.1) is 0 Å². The van der Waals surface area contributed by atoms with Crippen LogP contribution in [0.5, 0.6) is 5.75 Å². The summed E-state index contributed by atoms with van der Waals surface area (Å²) in [6.07, 6.45) is 24.8. The van der Waals surface area contributed by atoms with Gasteiger partial charge < -0.3 is 10.2 Å². The maximum atomic E-state index is 11.5. The van der Waals surface area contributed by atoms with Gasteiger partial charge in [-0.05, 0) is 42.9 Å². The highest BCUT2D eigenvalue weighted by Gasteiger charge is 2.16. The fraction of sp³-hybridized carbons (Fsp3) is 0.759. The van der Waals surface area contributed by atoms with Gasteiger partial charge in [-0.2, -0.15) is 0 Å². The molecule has 0 amide bonds. The Morgan fingerprint density at radius 2 is 1.03 bits per heavy atom. The molecule has 1 rings (SSSR count).